The molecular formula is C19H21N5O2. The zero-order valence-electron chi connectivity index (χ0n) is 14.6. The van der Waals surface area contributed by atoms with Gasteiger partial charge in [0.1, 0.15) is 11.4 Å². The Bertz CT molecular complexity index is 831. The number of unbranched alkanes of at least 4 members (excludes halogenated alkanes) is 1. The van der Waals surface area contributed by atoms with Gasteiger partial charge in [0, 0.05) is 18.0 Å². The van der Waals surface area contributed by atoms with E-state index in [0.717, 1.165) is 24.3 Å². The summed E-state index contributed by atoms with van der Waals surface area (Å²) in [5.41, 5.74) is 2.12. The second kappa shape index (κ2) is 8.75. The molecule has 0 fully saturated rings. The highest BCUT2D eigenvalue weighted by atomic mass is 16.5. The van der Waals surface area contributed by atoms with E-state index in [0.29, 0.717) is 24.4 Å². The lowest BCUT2D eigenvalue weighted by molar-refractivity contribution is 0.0950. The van der Waals surface area contributed by atoms with Crippen molar-refractivity contribution in [2.45, 2.75) is 26.3 Å². The van der Waals surface area contributed by atoms with Crippen molar-refractivity contribution in [1.29, 1.82) is 0 Å². The van der Waals surface area contributed by atoms with Crippen LogP contribution in [0.25, 0.3) is 5.69 Å². The number of rotatable bonds is 8. The van der Waals surface area contributed by atoms with E-state index in [1.165, 1.54) is 0 Å². The molecule has 7 nitrogen and oxygen atoms in total. The van der Waals surface area contributed by atoms with Crippen LogP contribution in [0.3, 0.4) is 0 Å². The number of carbonyl (C=O) groups is 1. The monoisotopic (exact) mass is 351 g/mol. The summed E-state index contributed by atoms with van der Waals surface area (Å²) < 4.78 is 7.24. The lowest BCUT2D eigenvalue weighted by Crippen LogP contribution is -2.22. The maximum atomic E-state index is 12.3. The van der Waals surface area contributed by atoms with Crippen molar-refractivity contribution < 1.29 is 9.53 Å². The fraction of sp³-hybridized carbons (Fsp3) is 0.263. The van der Waals surface area contributed by atoms with Crippen LogP contribution in [0.2, 0.25) is 0 Å². The van der Waals surface area contributed by atoms with Crippen molar-refractivity contribution in [3.05, 3.63) is 66.2 Å². The van der Waals surface area contributed by atoms with Crippen LogP contribution < -0.4 is 10.1 Å². The molecule has 1 N–H and O–H groups in total. The first-order chi connectivity index (χ1) is 12.8. The molecule has 0 radical (unpaired) electrons. The van der Waals surface area contributed by atoms with Crippen molar-refractivity contribution in [2.24, 2.45) is 0 Å². The number of hydrogen-bond acceptors (Lipinski definition) is 5. The fourth-order valence-corrected chi connectivity index (χ4v) is 2.31. The molecule has 0 aliphatic heterocycles. The third-order valence-corrected chi connectivity index (χ3v) is 3.78. The summed E-state index contributed by atoms with van der Waals surface area (Å²) in [5.74, 6) is 0.610. The minimum absolute atomic E-state index is 0.163. The van der Waals surface area contributed by atoms with E-state index in [9.17, 15) is 4.79 Å². The molecule has 3 aromatic rings. The molecule has 2 heterocycles. The maximum absolute atomic E-state index is 12.3. The van der Waals surface area contributed by atoms with Crippen LogP contribution in [-0.2, 0) is 6.54 Å². The summed E-state index contributed by atoms with van der Waals surface area (Å²) in [4.78, 5) is 16.2. The first-order valence-electron chi connectivity index (χ1n) is 8.59. The van der Waals surface area contributed by atoms with E-state index < -0.39 is 0 Å². The number of benzene rings is 1. The Kier molecular flexibility index (Phi) is 5.92. The molecule has 1 aromatic carbocycles. The van der Waals surface area contributed by atoms with E-state index in [-0.39, 0.29) is 5.91 Å². The summed E-state index contributed by atoms with van der Waals surface area (Å²) in [6.45, 7) is 3.11. The number of nitrogens with one attached hydrogen (secondary N) is 1. The molecule has 3 rings (SSSR count). The summed E-state index contributed by atoms with van der Waals surface area (Å²) in [7, 11) is 0. The zero-order valence-corrected chi connectivity index (χ0v) is 14.6. The van der Waals surface area contributed by atoms with Gasteiger partial charge < -0.3 is 10.1 Å². The van der Waals surface area contributed by atoms with Crippen molar-refractivity contribution in [3.63, 3.8) is 0 Å². The van der Waals surface area contributed by atoms with Crippen LogP contribution in [-0.4, -0.2) is 32.5 Å². The highest BCUT2D eigenvalue weighted by Gasteiger charge is 2.08. The molecule has 0 saturated carbocycles. The van der Waals surface area contributed by atoms with Gasteiger partial charge in [-0.15, -0.1) is 5.10 Å². The van der Waals surface area contributed by atoms with Gasteiger partial charge >= 0.3 is 0 Å². The Balaban J connectivity index is 1.53. The molecule has 26 heavy (non-hydrogen) atoms. The molecule has 7 heteroatoms. The highest BCUT2D eigenvalue weighted by Crippen LogP contribution is 2.13. The smallest absolute Gasteiger partial charge is 0.251 e. The second-order valence-electron chi connectivity index (χ2n) is 5.77. The van der Waals surface area contributed by atoms with E-state index in [1.807, 2.05) is 24.3 Å². The van der Waals surface area contributed by atoms with Gasteiger partial charge in [0.25, 0.3) is 5.91 Å². The average Bonchev–Trinajstić information content (AvgIpc) is 3.17. The Hall–Kier alpha value is -3.22. The zero-order chi connectivity index (χ0) is 18.2. The number of aromatic nitrogens is 4. The van der Waals surface area contributed by atoms with Gasteiger partial charge in [-0.1, -0.05) is 18.6 Å². The SMILES string of the molecule is CCCCOc1ccc(C(=O)NCc2cn(-c3ccncc3)nn2)cc1. The van der Waals surface area contributed by atoms with Gasteiger partial charge in [0.05, 0.1) is 25.0 Å². The van der Waals surface area contributed by atoms with E-state index in [1.54, 1.807) is 35.4 Å². The molecule has 0 aliphatic carbocycles. The predicted molar refractivity (Wildman–Crippen MR) is 97.2 cm³/mol. The Morgan fingerprint density at radius 2 is 1.92 bits per heavy atom. The first kappa shape index (κ1) is 17.6. The van der Waals surface area contributed by atoms with Crippen molar-refractivity contribution in [3.8, 4) is 11.4 Å². The lowest BCUT2D eigenvalue weighted by atomic mass is 10.2. The summed E-state index contributed by atoms with van der Waals surface area (Å²) in [5, 5.41) is 11.0. The van der Waals surface area contributed by atoms with E-state index in [2.05, 4.69) is 27.5 Å². The minimum Gasteiger partial charge on any atom is -0.494 e. The van der Waals surface area contributed by atoms with Crippen LogP contribution in [0.5, 0.6) is 5.75 Å². The van der Waals surface area contributed by atoms with Gasteiger partial charge in [0.2, 0.25) is 0 Å². The van der Waals surface area contributed by atoms with Crippen LogP contribution in [0.15, 0.2) is 55.0 Å². The third-order valence-electron chi connectivity index (χ3n) is 3.78. The molecule has 0 spiro atoms. The van der Waals surface area contributed by atoms with Crippen molar-refractivity contribution in [2.75, 3.05) is 6.61 Å². The van der Waals surface area contributed by atoms with Gasteiger partial charge in [-0.2, -0.15) is 0 Å². The highest BCUT2D eigenvalue weighted by molar-refractivity contribution is 5.94. The van der Waals surface area contributed by atoms with Crippen LogP contribution in [0.4, 0.5) is 0 Å². The topological polar surface area (TPSA) is 81.9 Å². The lowest BCUT2D eigenvalue weighted by Gasteiger charge is -2.07. The van der Waals surface area contributed by atoms with E-state index in [4.69, 9.17) is 4.74 Å². The van der Waals surface area contributed by atoms with Gasteiger partial charge in [-0.05, 0) is 42.8 Å². The fourth-order valence-electron chi connectivity index (χ4n) is 2.31. The number of ether oxygens (including phenoxy) is 1. The second-order valence-corrected chi connectivity index (χ2v) is 5.77. The standard InChI is InChI=1S/C19H21N5O2/c1-2-3-12-26-18-6-4-15(5-7-18)19(25)21-13-16-14-24(23-22-16)17-8-10-20-11-9-17/h4-11,14H,2-3,12-13H2,1H3,(H,21,25). The molecule has 2 aromatic heterocycles. The largest absolute Gasteiger partial charge is 0.494 e. The Morgan fingerprint density at radius 1 is 1.15 bits per heavy atom. The normalized spacial score (nSPS) is 10.5. The Labute approximate surface area is 152 Å². The van der Waals surface area contributed by atoms with Gasteiger partial charge in [-0.25, -0.2) is 4.68 Å². The summed E-state index contributed by atoms with van der Waals surface area (Å²) >= 11 is 0. The van der Waals surface area contributed by atoms with Crippen molar-refractivity contribution >= 4 is 5.91 Å². The quantitative estimate of drug-likeness (QED) is 0.631. The van der Waals surface area contributed by atoms with Gasteiger partial charge in [0.15, 0.2) is 0 Å². The molecule has 0 atom stereocenters. The maximum Gasteiger partial charge on any atom is 0.251 e. The predicted octanol–water partition coefficient (Wildman–Crippen LogP) is 2.77. The van der Waals surface area contributed by atoms with Crippen LogP contribution in [0.1, 0.15) is 35.8 Å². The molecule has 0 bridgehead atoms. The molecule has 0 unspecified atom stereocenters. The van der Waals surface area contributed by atoms with Crippen LogP contribution in [0, 0.1) is 0 Å². The van der Waals surface area contributed by atoms with Gasteiger partial charge in [-0.3, -0.25) is 9.78 Å². The Morgan fingerprint density at radius 3 is 2.65 bits per heavy atom. The first-order valence-corrected chi connectivity index (χ1v) is 8.59. The van der Waals surface area contributed by atoms with E-state index >= 15 is 0 Å². The molecule has 0 aliphatic rings. The number of carbonyl (C=O) groups excluding carboxylic acids is 1. The number of nitrogens with zero attached hydrogens (tertiary/aromatic N) is 4. The number of hydrogen-bond donors (Lipinski definition) is 1. The minimum atomic E-state index is -0.163. The molecule has 1 amide bonds. The molecule has 0 saturated heterocycles. The number of amides is 1. The summed E-state index contributed by atoms with van der Waals surface area (Å²) in [6, 6.07) is 10.8. The summed E-state index contributed by atoms with van der Waals surface area (Å²) in [6.07, 6.45) is 7.26. The molecular weight excluding hydrogens is 330 g/mol. The number of pyridine rings is 1. The average molecular weight is 351 g/mol. The molecule has 134 valence electrons. The van der Waals surface area contributed by atoms with Crippen LogP contribution >= 0.6 is 0 Å². The van der Waals surface area contributed by atoms with Crippen molar-refractivity contribution in [1.82, 2.24) is 25.3 Å². The third kappa shape index (κ3) is 4.66.